The van der Waals surface area contributed by atoms with Gasteiger partial charge >= 0.3 is 0 Å². The summed E-state index contributed by atoms with van der Waals surface area (Å²) in [6.07, 6.45) is 2.93. The van der Waals surface area contributed by atoms with Crippen molar-refractivity contribution in [1.82, 2.24) is 19.9 Å². The van der Waals surface area contributed by atoms with E-state index in [1.807, 2.05) is 12.1 Å². The molecule has 0 saturated carbocycles. The second-order valence-corrected chi connectivity index (χ2v) is 8.85. The molecule has 1 aliphatic heterocycles. The van der Waals surface area contributed by atoms with E-state index >= 15 is 0 Å². The van der Waals surface area contributed by atoms with Crippen molar-refractivity contribution in [1.29, 1.82) is 0 Å². The first-order chi connectivity index (χ1) is 16.1. The predicted octanol–water partition coefficient (Wildman–Crippen LogP) is 3.08. The summed E-state index contributed by atoms with van der Waals surface area (Å²) in [5.74, 6) is 2.21. The maximum Gasteiger partial charge on any atom is 0.232 e. The monoisotopic (exact) mass is 445 g/mol. The van der Waals surface area contributed by atoms with E-state index in [1.165, 1.54) is 11.1 Å². The molecule has 1 atom stereocenters. The molecule has 0 bridgehead atoms. The van der Waals surface area contributed by atoms with Gasteiger partial charge in [0, 0.05) is 32.7 Å². The van der Waals surface area contributed by atoms with Crippen LogP contribution in [0.25, 0.3) is 0 Å². The van der Waals surface area contributed by atoms with Gasteiger partial charge in [-0.25, -0.2) is 0 Å². The van der Waals surface area contributed by atoms with Crippen molar-refractivity contribution in [2.75, 3.05) is 55.3 Å². The van der Waals surface area contributed by atoms with E-state index in [4.69, 9.17) is 15.0 Å². The number of aryl methyl sites for hydroxylation is 1. The number of likely N-dealkylation sites (N-methyl/N-ethyl adjacent to an activating group) is 1. The molecule has 33 heavy (non-hydrogen) atoms. The van der Waals surface area contributed by atoms with Crippen molar-refractivity contribution in [3.05, 3.63) is 65.2 Å². The van der Waals surface area contributed by atoms with Gasteiger partial charge in [-0.15, -0.1) is 0 Å². The summed E-state index contributed by atoms with van der Waals surface area (Å²) in [5.41, 5.74) is 3.88. The largest absolute Gasteiger partial charge is 0.508 e. The van der Waals surface area contributed by atoms with Crippen LogP contribution < -0.4 is 15.5 Å². The maximum atomic E-state index is 9.48. The second-order valence-electron chi connectivity index (χ2n) is 8.85. The van der Waals surface area contributed by atoms with Crippen LogP contribution in [0, 0.1) is 0 Å². The number of phenolic OH excluding ortho intramolecular Hbond substituents is 1. The van der Waals surface area contributed by atoms with E-state index in [0.29, 0.717) is 18.4 Å². The Morgan fingerprint density at radius 3 is 2.52 bits per heavy atom. The average molecular weight is 446 g/mol. The molecular weight excluding hydrogens is 414 g/mol. The minimum Gasteiger partial charge on any atom is -0.508 e. The molecule has 1 unspecified atom stereocenters. The highest BCUT2D eigenvalue weighted by molar-refractivity contribution is 5.47. The molecular formula is C25H31N7O. The summed E-state index contributed by atoms with van der Waals surface area (Å²) in [6.45, 7) is 4.49. The Morgan fingerprint density at radius 2 is 1.70 bits per heavy atom. The van der Waals surface area contributed by atoms with Gasteiger partial charge in [-0.05, 0) is 55.1 Å². The average Bonchev–Trinajstić information content (AvgIpc) is 3.23. The number of aromatic hydroxyl groups is 1. The van der Waals surface area contributed by atoms with Crippen LogP contribution in [0.2, 0.25) is 0 Å². The molecule has 8 heteroatoms. The van der Waals surface area contributed by atoms with Crippen LogP contribution in [-0.2, 0) is 12.8 Å². The van der Waals surface area contributed by atoms with Crippen LogP contribution in [-0.4, -0.2) is 64.7 Å². The summed E-state index contributed by atoms with van der Waals surface area (Å²) in [5, 5.41) is 16.4. The molecule has 3 N–H and O–H groups in total. The summed E-state index contributed by atoms with van der Waals surface area (Å²) < 4.78 is 0. The number of anilines is 3. The summed E-state index contributed by atoms with van der Waals surface area (Å²) >= 11 is 0. The van der Waals surface area contributed by atoms with Crippen LogP contribution in [0.4, 0.5) is 17.8 Å². The minimum absolute atomic E-state index is 0.216. The van der Waals surface area contributed by atoms with E-state index in [9.17, 15) is 5.11 Å². The normalized spacial score (nSPS) is 18.2. The lowest BCUT2D eigenvalue weighted by Crippen LogP contribution is -2.45. The number of nitrogens with zero attached hydrogens (tertiary/aromatic N) is 5. The quantitative estimate of drug-likeness (QED) is 0.511. The molecule has 2 aliphatic rings. The fourth-order valence-corrected chi connectivity index (χ4v) is 4.50. The van der Waals surface area contributed by atoms with E-state index in [2.05, 4.69) is 51.7 Å². The molecule has 1 saturated heterocycles. The number of benzene rings is 2. The minimum atomic E-state index is 0.216. The van der Waals surface area contributed by atoms with Crippen molar-refractivity contribution >= 4 is 17.8 Å². The van der Waals surface area contributed by atoms with Crippen LogP contribution in [0.1, 0.15) is 29.2 Å². The third kappa shape index (κ3) is 5.17. The zero-order valence-corrected chi connectivity index (χ0v) is 19.0. The molecule has 2 aromatic carbocycles. The first kappa shape index (κ1) is 21.5. The van der Waals surface area contributed by atoms with Gasteiger partial charge in [-0.1, -0.05) is 36.4 Å². The molecule has 3 aromatic rings. The molecule has 0 amide bonds. The van der Waals surface area contributed by atoms with Crippen LogP contribution in [0.5, 0.6) is 5.75 Å². The summed E-state index contributed by atoms with van der Waals surface area (Å²) in [4.78, 5) is 18.8. The topological polar surface area (TPSA) is 89.4 Å². The highest BCUT2D eigenvalue weighted by Crippen LogP contribution is 2.33. The zero-order chi connectivity index (χ0) is 22.6. The van der Waals surface area contributed by atoms with Crippen LogP contribution in [0.15, 0.2) is 48.5 Å². The number of hydrogen-bond donors (Lipinski definition) is 3. The predicted molar refractivity (Wildman–Crippen MR) is 131 cm³/mol. The molecule has 172 valence electrons. The Bertz CT molecular complexity index is 1080. The fourth-order valence-electron chi connectivity index (χ4n) is 4.50. The standard InChI is InChI=1S/C25H31N7O/c1-31-14-16-32(17-15-31)25-29-23(26-13-12-18-6-9-20(33)10-7-18)28-24(30-25)27-22-11-8-19-4-2-3-5-21(19)22/h2-7,9-10,22,33H,8,11-17H2,1H3,(H2,26,27,28,29,30). The van der Waals surface area contributed by atoms with E-state index in [0.717, 1.165) is 57.0 Å². The third-order valence-corrected chi connectivity index (χ3v) is 6.48. The van der Waals surface area contributed by atoms with Crippen LogP contribution >= 0.6 is 0 Å². The van der Waals surface area contributed by atoms with Gasteiger partial charge in [-0.3, -0.25) is 0 Å². The molecule has 8 nitrogen and oxygen atoms in total. The van der Waals surface area contributed by atoms with Gasteiger partial charge < -0.3 is 25.5 Å². The van der Waals surface area contributed by atoms with E-state index in [-0.39, 0.29) is 11.8 Å². The number of hydrogen-bond acceptors (Lipinski definition) is 8. The van der Waals surface area contributed by atoms with Crippen molar-refractivity contribution < 1.29 is 5.11 Å². The van der Waals surface area contributed by atoms with Gasteiger partial charge in [-0.2, -0.15) is 15.0 Å². The molecule has 2 heterocycles. The van der Waals surface area contributed by atoms with E-state index < -0.39 is 0 Å². The molecule has 5 rings (SSSR count). The molecule has 1 aliphatic carbocycles. The van der Waals surface area contributed by atoms with Gasteiger partial charge in [0.2, 0.25) is 17.8 Å². The Labute approximate surface area is 194 Å². The summed E-state index contributed by atoms with van der Waals surface area (Å²) in [7, 11) is 2.14. The number of nitrogens with one attached hydrogen (secondary N) is 2. The fraction of sp³-hybridized carbons (Fsp3) is 0.400. The first-order valence-electron chi connectivity index (χ1n) is 11.7. The molecule has 1 aromatic heterocycles. The Balaban J connectivity index is 1.33. The summed E-state index contributed by atoms with van der Waals surface area (Å²) in [6, 6.07) is 16.1. The third-order valence-electron chi connectivity index (χ3n) is 6.48. The molecule has 0 radical (unpaired) electrons. The van der Waals surface area contributed by atoms with Crippen molar-refractivity contribution in [3.8, 4) is 5.75 Å². The Kier molecular flexibility index (Phi) is 6.26. The molecule has 0 spiro atoms. The SMILES string of the molecule is CN1CCN(c2nc(NCCc3ccc(O)cc3)nc(NC3CCc4ccccc43)n2)CC1. The number of piperazine rings is 1. The molecule has 1 fully saturated rings. The number of aromatic nitrogens is 3. The van der Waals surface area contributed by atoms with Gasteiger partial charge in [0.1, 0.15) is 5.75 Å². The lowest BCUT2D eigenvalue weighted by Gasteiger charge is -2.32. The lowest BCUT2D eigenvalue weighted by atomic mass is 10.1. The zero-order valence-electron chi connectivity index (χ0n) is 19.0. The van der Waals surface area contributed by atoms with Gasteiger partial charge in [0.25, 0.3) is 0 Å². The Hall–Kier alpha value is -3.39. The first-order valence-corrected chi connectivity index (χ1v) is 11.7. The van der Waals surface area contributed by atoms with Crippen molar-refractivity contribution in [2.45, 2.75) is 25.3 Å². The van der Waals surface area contributed by atoms with Gasteiger partial charge in [0.05, 0.1) is 6.04 Å². The van der Waals surface area contributed by atoms with Gasteiger partial charge in [0.15, 0.2) is 0 Å². The number of phenols is 1. The number of rotatable bonds is 7. The van der Waals surface area contributed by atoms with Crippen molar-refractivity contribution in [3.63, 3.8) is 0 Å². The van der Waals surface area contributed by atoms with Crippen LogP contribution in [0.3, 0.4) is 0 Å². The lowest BCUT2D eigenvalue weighted by molar-refractivity contribution is 0.311. The highest BCUT2D eigenvalue weighted by atomic mass is 16.3. The smallest absolute Gasteiger partial charge is 0.232 e. The van der Waals surface area contributed by atoms with Crippen molar-refractivity contribution in [2.24, 2.45) is 0 Å². The second kappa shape index (κ2) is 9.62. The van der Waals surface area contributed by atoms with E-state index in [1.54, 1.807) is 12.1 Å². The highest BCUT2D eigenvalue weighted by Gasteiger charge is 2.24. The Morgan fingerprint density at radius 1 is 0.939 bits per heavy atom. The maximum absolute atomic E-state index is 9.48. The number of fused-ring (bicyclic) bond motifs is 1.